The van der Waals surface area contributed by atoms with Crippen LogP contribution in [-0.4, -0.2) is 22.4 Å². The molecule has 3 atom stereocenters. The highest BCUT2D eigenvalue weighted by molar-refractivity contribution is 6.30. The molecular weight excluding hydrogens is 240 g/mol. The molecule has 1 saturated carbocycles. The molecule has 1 aliphatic rings. The second kappa shape index (κ2) is 5.25. The van der Waals surface area contributed by atoms with Crippen LogP contribution in [0.2, 0.25) is 5.02 Å². The molecule has 0 aliphatic heterocycles. The molecule has 0 radical (unpaired) electrons. The Morgan fingerprint density at radius 3 is 2.76 bits per heavy atom. The van der Waals surface area contributed by atoms with Crippen molar-refractivity contribution >= 4 is 11.6 Å². The lowest BCUT2D eigenvalue weighted by molar-refractivity contribution is 0.0577. The summed E-state index contributed by atoms with van der Waals surface area (Å²) in [6.45, 7) is 1.67. The quantitative estimate of drug-likeness (QED) is 0.874. The summed E-state index contributed by atoms with van der Waals surface area (Å²) in [6.07, 6.45) is 1.39. The summed E-state index contributed by atoms with van der Waals surface area (Å²) < 4.78 is 5.77. The third-order valence-electron chi connectivity index (χ3n) is 3.12. The van der Waals surface area contributed by atoms with Gasteiger partial charge in [0.1, 0.15) is 11.9 Å². The molecule has 1 aliphatic carbocycles. The highest BCUT2D eigenvalue weighted by atomic mass is 35.5. The van der Waals surface area contributed by atoms with Gasteiger partial charge in [-0.1, -0.05) is 11.6 Å². The fourth-order valence-electron chi connectivity index (χ4n) is 2.16. The standard InChI is InChI=1S/C13H17ClO3/c1-8(15)10-7-9(14)5-6-12(10)17-13-4-2-3-11(13)16/h5-8,11,13,15-16H,2-4H2,1H3/t8-,11?,13?/m0/s1. The maximum atomic E-state index is 9.72. The fourth-order valence-corrected chi connectivity index (χ4v) is 2.34. The Morgan fingerprint density at radius 1 is 1.41 bits per heavy atom. The predicted octanol–water partition coefficient (Wildman–Crippen LogP) is 2.69. The lowest BCUT2D eigenvalue weighted by atomic mass is 10.1. The van der Waals surface area contributed by atoms with Crippen molar-refractivity contribution in [2.75, 3.05) is 0 Å². The minimum atomic E-state index is -0.637. The number of hydrogen-bond acceptors (Lipinski definition) is 3. The minimum absolute atomic E-state index is 0.173. The molecule has 1 fully saturated rings. The van der Waals surface area contributed by atoms with Crippen LogP contribution in [0.25, 0.3) is 0 Å². The first-order chi connectivity index (χ1) is 8.08. The van der Waals surface area contributed by atoms with Crippen molar-refractivity contribution in [1.82, 2.24) is 0 Å². The van der Waals surface area contributed by atoms with E-state index in [0.29, 0.717) is 16.3 Å². The molecule has 2 unspecified atom stereocenters. The molecule has 0 spiro atoms. The van der Waals surface area contributed by atoms with Crippen molar-refractivity contribution in [3.05, 3.63) is 28.8 Å². The number of rotatable bonds is 3. The Bertz CT molecular complexity index is 392. The number of ether oxygens (including phenoxy) is 1. The van der Waals surface area contributed by atoms with E-state index in [1.807, 2.05) is 0 Å². The van der Waals surface area contributed by atoms with E-state index in [1.54, 1.807) is 25.1 Å². The average molecular weight is 257 g/mol. The highest BCUT2D eigenvalue weighted by Crippen LogP contribution is 2.32. The molecule has 2 rings (SSSR count). The number of benzene rings is 1. The van der Waals surface area contributed by atoms with Crippen molar-refractivity contribution in [1.29, 1.82) is 0 Å². The van der Waals surface area contributed by atoms with E-state index < -0.39 is 12.2 Å². The van der Waals surface area contributed by atoms with Gasteiger partial charge in [0, 0.05) is 10.6 Å². The first-order valence-corrected chi connectivity index (χ1v) is 6.28. The summed E-state index contributed by atoms with van der Waals surface area (Å²) >= 11 is 5.89. The molecule has 4 heteroatoms. The summed E-state index contributed by atoms with van der Waals surface area (Å²) in [4.78, 5) is 0. The van der Waals surface area contributed by atoms with E-state index >= 15 is 0 Å². The Labute approximate surface area is 106 Å². The summed E-state index contributed by atoms with van der Waals surface area (Å²) in [5.41, 5.74) is 0.664. The molecule has 1 aromatic carbocycles. The molecule has 0 aromatic heterocycles. The Morgan fingerprint density at radius 2 is 2.18 bits per heavy atom. The number of aliphatic hydroxyl groups is 2. The van der Waals surface area contributed by atoms with Gasteiger partial charge in [0.05, 0.1) is 12.2 Å². The smallest absolute Gasteiger partial charge is 0.125 e. The van der Waals surface area contributed by atoms with Crippen molar-refractivity contribution in [2.24, 2.45) is 0 Å². The van der Waals surface area contributed by atoms with Gasteiger partial charge in [-0.25, -0.2) is 0 Å². The van der Waals surface area contributed by atoms with Gasteiger partial charge in [0.15, 0.2) is 0 Å². The van der Waals surface area contributed by atoms with Gasteiger partial charge in [0.2, 0.25) is 0 Å². The molecule has 0 bridgehead atoms. The van der Waals surface area contributed by atoms with Crippen molar-refractivity contribution in [3.8, 4) is 5.75 Å². The van der Waals surface area contributed by atoms with Gasteiger partial charge in [-0.2, -0.15) is 0 Å². The molecule has 17 heavy (non-hydrogen) atoms. The van der Waals surface area contributed by atoms with Gasteiger partial charge in [-0.3, -0.25) is 0 Å². The van der Waals surface area contributed by atoms with Crippen LogP contribution < -0.4 is 4.74 Å². The Hall–Kier alpha value is -0.770. The number of halogens is 1. The number of hydrogen-bond donors (Lipinski definition) is 2. The maximum absolute atomic E-state index is 9.72. The van der Waals surface area contributed by atoms with Gasteiger partial charge in [0.25, 0.3) is 0 Å². The van der Waals surface area contributed by atoms with Crippen LogP contribution in [0.5, 0.6) is 5.75 Å². The molecule has 3 nitrogen and oxygen atoms in total. The molecule has 2 N–H and O–H groups in total. The van der Waals surface area contributed by atoms with E-state index in [9.17, 15) is 10.2 Å². The maximum Gasteiger partial charge on any atom is 0.125 e. The average Bonchev–Trinajstić information content (AvgIpc) is 2.67. The summed E-state index contributed by atoms with van der Waals surface area (Å²) in [5, 5.41) is 20.0. The van der Waals surface area contributed by atoms with Crippen LogP contribution >= 0.6 is 11.6 Å². The van der Waals surface area contributed by atoms with Crippen LogP contribution in [-0.2, 0) is 0 Å². The second-order valence-corrected chi connectivity index (χ2v) is 4.95. The molecular formula is C13H17ClO3. The number of aliphatic hydroxyl groups excluding tert-OH is 2. The third kappa shape index (κ3) is 2.92. The SMILES string of the molecule is C[C@H](O)c1cc(Cl)ccc1OC1CCCC1O. The van der Waals surface area contributed by atoms with Gasteiger partial charge in [-0.05, 0) is 44.4 Å². The van der Waals surface area contributed by atoms with Crippen molar-refractivity contribution in [2.45, 2.75) is 44.5 Å². The van der Waals surface area contributed by atoms with Crippen LogP contribution in [0.3, 0.4) is 0 Å². The Kier molecular flexibility index (Phi) is 3.92. The van der Waals surface area contributed by atoms with Crippen LogP contribution in [0.1, 0.15) is 37.9 Å². The fraction of sp³-hybridized carbons (Fsp3) is 0.538. The van der Waals surface area contributed by atoms with Crippen molar-refractivity contribution < 1.29 is 14.9 Å². The zero-order valence-corrected chi connectivity index (χ0v) is 10.5. The Balaban J connectivity index is 2.19. The van der Waals surface area contributed by atoms with Crippen LogP contribution in [0.15, 0.2) is 18.2 Å². The van der Waals surface area contributed by atoms with E-state index in [4.69, 9.17) is 16.3 Å². The zero-order chi connectivity index (χ0) is 12.4. The normalized spacial score (nSPS) is 25.9. The lowest BCUT2D eigenvalue weighted by Crippen LogP contribution is -2.26. The topological polar surface area (TPSA) is 49.7 Å². The first kappa shape index (κ1) is 12.7. The highest BCUT2D eigenvalue weighted by Gasteiger charge is 2.27. The monoisotopic (exact) mass is 256 g/mol. The molecule has 0 amide bonds. The minimum Gasteiger partial charge on any atom is -0.487 e. The van der Waals surface area contributed by atoms with Gasteiger partial charge >= 0.3 is 0 Å². The van der Waals surface area contributed by atoms with E-state index in [-0.39, 0.29) is 6.10 Å². The van der Waals surface area contributed by atoms with Gasteiger partial charge < -0.3 is 14.9 Å². The zero-order valence-electron chi connectivity index (χ0n) is 9.77. The second-order valence-electron chi connectivity index (χ2n) is 4.51. The lowest BCUT2D eigenvalue weighted by Gasteiger charge is -2.20. The summed E-state index contributed by atoms with van der Waals surface area (Å²) in [5.74, 6) is 0.607. The predicted molar refractivity (Wildman–Crippen MR) is 66.4 cm³/mol. The summed E-state index contributed by atoms with van der Waals surface area (Å²) in [6, 6.07) is 5.17. The van der Waals surface area contributed by atoms with Crippen LogP contribution in [0.4, 0.5) is 0 Å². The molecule has 94 valence electrons. The molecule has 0 saturated heterocycles. The first-order valence-electron chi connectivity index (χ1n) is 5.90. The third-order valence-corrected chi connectivity index (χ3v) is 3.35. The van der Waals surface area contributed by atoms with Crippen LogP contribution in [0, 0.1) is 0 Å². The van der Waals surface area contributed by atoms with Crippen molar-refractivity contribution in [3.63, 3.8) is 0 Å². The molecule has 0 heterocycles. The van der Waals surface area contributed by atoms with E-state index in [1.165, 1.54) is 0 Å². The van der Waals surface area contributed by atoms with Gasteiger partial charge in [-0.15, -0.1) is 0 Å². The molecule has 1 aromatic rings. The largest absolute Gasteiger partial charge is 0.487 e. The van der Waals surface area contributed by atoms with E-state index in [0.717, 1.165) is 19.3 Å². The summed E-state index contributed by atoms with van der Waals surface area (Å²) in [7, 11) is 0. The van der Waals surface area contributed by atoms with E-state index in [2.05, 4.69) is 0 Å².